The minimum atomic E-state index is -0.980. The number of carbonyl (C=O) groups is 1. The number of amides is 1. The molecule has 0 saturated carbocycles. The van der Waals surface area contributed by atoms with Crippen molar-refractivity contribution in [3.05, 3.63) is 0 Å². The lowest BCUT2D eigenvalue weighted by Crippen LogP contribution is -2.52. The average Bonchev–Trinajstić information content (AvgIpc) is 2.20. The minimum Gasteiger partial charge on any atom is -0.465 e. The molecule has 1 rings (SSSR count). The molecule has 1 heterocycles. The van der Waals surface area contributed by atoms with E-state index in [9.17, 15) is 4.79 Å². The van der Waals surface area contributed by atoms with Gasteiger partial charge in [-0.3, -0.25) is 4.90 Å². The molecule has 1 aliphatic heterocycles. The van der Waals surface area contributed by atoms with E-state index in [4.69, 9.17) is 15.6 Å². The van der Waals surface area contributed by atoms with Crippen LogP contribution in [0.25, 0.3) is 0 Å². The molecular weight excluding hydrogens is 198 g/mol. The third-order valence-corrected chi connectivity index (χ3v) is 2.70. The Balaban J connectivity index is 2.23. The monoisotopic (exact) mass is 217 g/mol. The van der Waals surface area contributed by atoms with Crippen LogP contribution in [0.5, 0.6) is 0 Å². The van der Waals surface area contributed by atoms with Gasteiger partial charge in [0.25, 0.3) is 0 Å². The molecule has 15 heavy (non-hydrogen) atoms. The summed E-state index contributed by atoms with van der Waals surface area (Å²) >= 11 is 0. The number of nitrogens with one attached hydrogen (secondary N) is 1. The maximum Gasteiger partial charge on any atom is 0.404 e. The van der Waals surface area contributed by atoms with E-state index < -0.39 is 6.09 Å². The van der Waals surface area contributed by atoms with E-state index >= 15 is 0 Å². The fourth-order valence-electron chi connectivity index (χ4n) is 1.77. The lowest BCUT2D eigenvalue weighted by molar-refractivity contribution is 0.0173. The van der Waals surface area contributed by atoms with Crippen molar-refractivity contribution in [3.63, 3.8) is 0 Å². The van der Waals surface area contributed by atoms with Crippen molar-refractivity contribution in [2.45, 2.75) is 18.6 Å². The molecule has 6 heteroatoms. The SMILES string of the molecule is CO[C@@H]1CN(CCNC(=O)O)CC[C@@H]1N. The highest BCUT2D eigenvalue weighted by Gasteiger charge is 2.25. The van der Waals surface area contributed by atoms with E-state index in [-0.39, 0.29) is 12.1 Å². The van der Waals surface area contributed by atoms with Gasteiger partial charge in [-0.05, 0) is 13.0 Å². The van der Waals surface area contributed by atoms with Crippen LogP contribution in [-0.4, -0.2) is 61.5 Å². The van der Waals surface area contributed by atoms with Gasteiger partial charge in [0.15, 0.2) is 0 Å². The van der Waals surface area contributed by atoms with E-state index in [1.165, 1.54) is 0 Å². The second-order valence-electron chi connectivity index (χ2n) is 3.76. The number of nitrogens with zero attached hydrogens (tertiary/aromatic N) is 1. The first-order chi connectivity index (χ1) is 7.13. The van der Waals surface area contributed by atoms with Gasteiger partial charge < -0.3 is 20.9 Å². The molecule has 1 aliphatic rings. The van der Waals surface area contributed by atoms with Crippen molar-refractivity contribution in [1.29, 1.82) is 0 Å². The topological polar surface area (TPSA) is 87.8 Å². The van der Waals surface area contributed by atoms with Gasteiger partial charge in [-0.1, -0.05) is 0 Å². The average molecular weight is 217 g/mol. The molecule has 0 aromatic rings. The zero-order valence-corrected chi connectivity index (χ0v) is 8.98. The second kappa shape index (κ2) is 5.89. The first-order valence-electron chi connectivity index (χ1n) is 5.11. The van der Waals surface area contributed by atoms with Crippen LogP contribution >= 0.6 is 0 Å². The summed E-state index contributed by atoms with van der Waals surface area (Å²) in [4.78, 5) is 12.4. The second-order valence-corrected chi connectivity index (χ2v) is 3.76. The van der Waals surface area contributed by atoms with Gasteiger partial charge in [0, 0.05) is 32.8 Å². The molecule has 88 valence electrons. The first-order valence-corrected chi connectivity index (χ1v) is 5.11. The number of rotatable bonds is 4. The highest BCUT2D eigenvalue weighted by molar-refractivity contribution is 5.64. The number of ether oxygens (including phenoxy) is 1. The number of likely N-dealkylation sites (tertiary alicyclic amines) is 1. The number of methoxy groups -OCH3 is 1. The molecule has 4 N–H and O–H groups in total. The maximum absolute atomic E-state index is 10.2. The van der Waals surface area contributed by atoms with Gasteiger partial charge in [-0.25, -0.2) is 4.79 Å². The fraction of sp³-hybridized carbons (Fsp3) is 0.889. The van der Waals surface area contributed by atoms with Crippen LogP contribution in [0.3, 0.4) is 0 Å². The number of piperidine rings is 1. The smallest absolute Gasteiger partial charge is 0.404 e. The van der Waals surface area contributed by atoms with E-state index in [1.807, 2.05) is 0 Å². The Morgan fingerprint density at radius 2 is 2.47 bits per heavy atom. The lowest BCUT2D eigenvalue weighted by Gasteiger charge is -2.35. The third kappa shape index (κ3) is 4.03. The largest absolute Gasteiger partial charge is 0.465 e. The summed E-state index contributed by atoms with van der Waals surface area (Å²) in [6.07, 6.45) is -0.0263. The van der Waals surface area contributed by atoms with Gasteiger partial charge in [-0.15, -0.1) is 0 Å². The van der Waals surface area contributed by atoms with E-state index in [0.717, 1.165) is 19.5 Å². The van der Waals surface area contributed by atoms with Gasteiger partial charge in [-0.2, -0.15) is 0 Å². The van der Waals surface area contributed by atoms with Crippen molar-refractivity contribution in [3.8, 4) is 0 Å². The summed E-state index contributed by atoms with van der Waals surface area (Å²) in [7, 11) is 1.66. The summed E-state index contributed by atoms with van der Waals surface area (Å²) in [5.41, 5.74) is 5.87. The molecule has 1 amide bonds. The van der Waals surface area contributed by atoms with Gasteiger partial charge in [0.2, 0.25) is 0 Å². The maximum atomic E-state index is 10.2. The zero-order chi connectivity index (χ0) is 11.3. The Kier molecular flexibility index (Phi) is 4.80. The Morgan fingerprint density at radius 1 is 1.73 bits per heavy atom. The molecule has 2 atom stereocenters. The Morgan fingerprint density at radius 3 is 3.07 bits per heavy atom. The number of carboxylic acid groups (broad SMARTS) is 1. The van der Waals surface area contributed by atoms with E-state index in [2.05, 4.69) is 10.2 Å². The van der Waals surface area contributed by atoms with Crippen molar-refractivity contribution >= 4 is 6.09 Å². The van der Waals surface area contributed by atoms with Gasteiger partial charge in [0.05, 0.1) is 6.10 Å². The molecule has 1 saturated heterocycles. The van der Waals surface area contributed by atoms with Crippen LogP contribution in [0.4, 0.5) is 4.79 Å². The lowest BCUT2D eigenvalue weighted by atomic mass is 10.0. The van der Waals surface area contributed by atoms with Crippen LogP contribution in [0.2, 0.25) is 0 Å². The Hall–Kier alpha value is -0.850. The molecule has 0 bridgehead atoms. The van der Waals surface area contributed by atoms with Crippen molar-refractivity contribution in [2.75, 3.05) is 33.3 Å². The summed E-state index contributed by atoms with van der Waals surface area (Å²) in [5, 5.41) is 10.7. The molecule has 0 spiro atoms. The molecule has 1 fully saturated rings. The van der Waals surface area contributed by atoms with Gasteiger partial charge >= 0.3 is 6.09 Å². The highest BCUT2D eigenvalue weighted by Crippen LogP contribution is 2.10. The quantitative estimate of drug-likeness (QED) is 0.579. The van der Waals surface area contributed by atoms with E-state index in [0.29, 0.717) is 13.1 Å². The molecule has 0 aliphatic carbocycles. The zero-order valence-electron chi connectivity index (χ0n) is 8.98. The number of hydrogen-bond donors (Lipinski definition) is 3. The molecular formula is C9H19N3O3. The van der Waals surface area contributed by atoms with Crippen LogP contribution in [0, 0.1) is 0 Å². The predicted molar refractivity (Wildman–Crippen MR) is 55.9 cm³/mol. The molecule has 0 aromatic heterocycles. The standard InChI is InChI=1S/C9H19N3O3/c1-15-8-6-12(4-2-7(8)10)5-3-11-9(13)14/h7-8,11H,2-6,10H2,1H3,(H,13,14)/t7-,8+/m0/s1. The van der Waals surface area contributed by atoms with Crippen LogP contribution in [0.15, 0.2) is 0 Å². The van der Waals surface area contributed by atoms with Crippen LogP contribution in [0.1, 0.15) is 6.42 Å². The van der Waals surface area contributed by atoms with Crippen molar-refractivity contribution < 1.29 is 14.6 Å². The predicted octanol–water partition coefficient (Wildman–Crippen LogP) is -0.698. The summed E-state index contributed by atoms with van der Waals surface area (Å²) in [6.45, 7) is 2.83. The van der Waals surface area contributed by atoms with Crippen molar-refractivity contribution in [2.24, 2.45) is 5.73 Å². The normalized spacial score (nSPS) is 27.6. The summed E-state index contributed by atoms with van der Waals surface area (Å²) in [5.74, 6) is 0. The third-order valence-electron chi connectivity index (χ3n) is 2.70. The summed E-state index contributed by atoms with van der Waals surface area (Å²) < 4.78 is 5.26. The number of hydrogen-bond acceptors (Lipinski definition) is 4. The molecule has 6 nitrogen and oxygen atoms in total. The molecule has 0 radical (unpaired) electrons. The molecule has 0 aromatic carbocycles. The van der Waals surface area contributed by atoms with Crippen LogP contribution < -0.4 is 11.1 Å². The van der Waals surface area contributed by atoms with E-state index in [1.54, 1.807) is 7.11 Å². The Bertz CT molecular complexity index is 213. The van der Waals surface area contributed by atoms with Gasteiger partial charge in [0.1, 0.15) is 0 Å². The Labute approximate surface area is 89.4 Å². The minimum absolute atomic E-state index is 0.0589. The fourth-order valence-corrected chi connectivity index (χ4v) is 1.77. The van der Waals surface area contributed by atoms with Crippen molar-refractivity contribution in [1.82, 2.24) is 10.2 Å². The molecule has 0 unspecified atom stereocenters. The van der Waals surface area contributed by atoms with Crippen LogP contribution in [-0.2, 0) is 4.74 Å². The highest BCUT2D eigenvalue weighted by atomic mass is 16.5. The summed E-state index contributed by atoms with van der Waals surface area (Å²) in [6, 6.07) is 0.0960. The number of nitrogens with two attached hydrogens (primary N) is 1. The first kappa shape index (κ1) is 12.2.